The lowest BCUT2D eigenvalue weighted by molar-refractivity contribution is -0.253. The Morgan fingerprint density at radius 1 is 1.14 bits per heavy atom. The first-order valence-corrected chi connectivity index (χ1v) is 9.69. The summed E-state index contributed by atoms with van der Waals surface area (Å²) in [6.07, 6.45) is -5.81. The van der Waals surface area contributed by atoms with Crippen molar-refractivity contribution in [3.05, 3.63) is 35.0 Å². The summed E-state index contributed by atoms with van der Waals surface area (Å²) in [5, 5.41) is 52.4. The van der Waals surface area contributed by atoms with Gasteiger partial charge in [-0.1, -0.05) is 28.9 Å². The number of benzene rings is 1. The number of aliphatic imine (C=N–C) groups is 1. The molecule has 0 radical (unpaired) electrons. The van der Waals surface area contributed by atoms with Crippen molar-refractivity contribution in [2.45, 2.75) is 37.1 Å². The number of ether oxygens (including phenoxy) is 1. The smallest absolute Gasteiger partial charge is 0.181 e. The molecule has 3 heterocycles. The quantitative estimate of drug-likeness (QED) is 0.434. The van der Waals surface area contributed by atoms with Crippen molar-refractivity contribution >= 4 is 17.4 Å². The summed E-state index contributed by atoms with van der Waals surface area (Å²) in [5.74, 6) is 0.567. The second-order valence-electron chi connectivity index (χ2n) is 6.97. The molecule has 1 aromatic carbocycles. The number of hydrogen-bond donors (Lipinski definition) is 5. The van der Waals surface area contributed by atoms with Gasteiger partial charge in [0, 0.05) is 23.7 Å². The van der Waals surface area contributed by atoms with E-state index in [4.69, 9.17) is 16.3 Å². The van der Waals surface area contributed by atoms with E-state index in [2.05, 4.69) is 20.6 Å². The first-order chi connectivity index (χ1) is 14.0. The standard InChI is InChI=1S/C18H22ClN5O5/c19-10-4-2-9(3-5-10)13-12(17-20-6-1-7-21-17)22-23-24(13)18-16(28)15(27)14(26)11(8-25)29-18/h2-5,11,14-16,18,25-28H,1,6-8H2,(H,20,21)/t11-,14-,15+,16-,18-/m1/s1. The number of rotatable bonds is 4. The van der Waals surface area contributed by atoms with Crippen LogP contribution in [-0.2, 0) is 4.74 Å². The molecule has 0 aliphatic carbocycles. The third-order valence-electron chi connectivity index (χ3n) is 5.04. The van der Waals surface area contributed by atoms with Crippen LogP contribution < -0.4 is 5.32 Å². The van der Waals surface area contributed by atoms with Gasteiger partial charge in [0.1, 0.15) is 30.1 Å². The lowest BCUT2D eigenvalue weighted by Crippen LogP contribution is -2.56. The van der Waals surface area contributed by atoms with E-state index in [-0.39, 0.29) is 0 Å². The van der Waals surface area contributed by atoms with Crippen LogP contribution in [-0.4, -0.2) is 85.4 Å². The zero-order chi connectivity index (χ0) is 20.5. The third kappa shape index (κ3) is 3.75. The highest BCUT2D eigenvalue weighted by Crippen LogP contribution is 2.33. The summed E-state index contributed by atoms with van der Waals surface area (Å²) in [4.78, 5) is 4.47. The molecule has 1 fully saturated rings. The molecule has 0 spiro atoms. The Morgan fingerprint density at radius 2 is 1.90 bits per heavy atom. The lowest BCUT2D eigenvalue weighted by atomic mass is 9.98. The Morgan fingerprint density at radius 3 is 2.55 bits per heavy atom. The SMILES string of the molecule is OC[C@H]1O[C@@H](n2nnc(C3=NCCCN3)c2-c2ccc(Cl)cc2)[C@H](O)[C@@H](O)[C@@H]1O. The van der Waals surface area contributed by atoms with Gasteiger partial charge in [0.25, 0.3) is 0 Å². The van der Waals surface area contributed by atoms with Crippen LogP contribution in [0, 0.1) is 0 Å². The van der Waals surface area contributed by atoms with E-state index in [1.165, 1.54) is 4.68 Å². The van der Waals surface area contributed by atoms with Crippen LogP contribution in [0.5, 0.6) is 0 Å². The number of nitrogens with one attached hydrogen (secondary N) is 1. The van der Waals surface area contributed by atoms with Gasteiger partial charge < -0.3 is 30.5 Å². The van der Waals surface area contributed by atoms with Gasteiger partial charge in [-0.15, -0.1) is 5.10 Å². The van der Waals surface area contributed by atoms with Gasteiger partial charge in [0.2, 0.25) is 0 Å². The van der Waals surface area contributed by atoms with Crippen LogP contribution in [0.4, 0.5) is 0 Å². The van der Waals surface area contributed by atoms with E-state index in [0.29, 0.717) is 34.4 Å². The summed E-state index contributed by atoms with van der Waals surface area (Å²) < 4.78 is 7.00. The number of aliphatic hydroxyl groups excluding tert-OH is 4. The zero-order valence-electron chi connectivity index (χ0n) is 15.4. The van der Waals surface area contributed by atoms with Crippen molar-refractivity contribution in [3.8, 4) is 11.3 Å². The maximum absolute atomic E-state index is 10.5. The van der Waals surface area contributed by atoms with E-state index >= 15 is 0 Å². The van der Waals surface area contributed by atoms with Crippen LogP contribution in [0.2, 0.25) is 5.02 Å². The highest BCUT2D eigenvalue weighted by molar-refractivity contribution is 6.30. The Labute approximate surface area is 171 Å². The fraction of sp³-hybridized carbons (Fsp3) is 0.500. The minimum atomic E-state index is -1.53. The maximum Gasteiger partial charge on any atom is 0.181 e. The molecule has 2 aliphatic rings. The van der Waals surface area contributed by atoms with Gasteiger partial charge in [0.15, 0.2) is 17.8 Å². The van der Waals surface area contributed by atoms with Crippen molar-refractivity contribution in [2.75, 3.05) is 19.7 Å². The fourth-order valence-electron chi connectivity index (χ4n) is 3.48. The van der Waals surface area contributed by atoms with E-state index in [1.807, 2.05) is 0 Å². The Hall–Kier alpha value is -2.08. The minimum Gasteiger partial charge on any atom is -0.394 e. The normalized spacial score (nSPS) is 30.0. The van der Waals surface area contributed by atoms with Crippen LogP contribution in [0.15, 0.2) is 29.3 Å². The van der Waals surface area contributed by atoms with Crippen molar-refractivity contribution in [1.82, 2.24) is 20.3 Å². The summed E-state index contributed by atoms with van der Waals surface area (Å²) in [7, 11) is 0. The van der Waals surface area contributed by atoms with Gasteiger partial charge in [-0.3, -0.25) is 4.99 Å². The van der Waals surface area contributed by atoms with E-state index < -0.39 is 37.3 Å². The van der Waals surface area contributed by atoms with Crippen LogP contribution in [0.1, 0.15) is 18.3 Å². The Kier molecular flexibility index (Phi) is 5.81. The molecule has 10 nitrogen and oxygen atoms in total. The molecule has 1 saturated heterocycles. The number of hydrogen-bond acceptors (Lipinski definition) is 9. The molecule has 5 N–H and O–H groups in total. The predicted molar refractivity (Wildman–Crippen MR) is 104 cm³/mol. The molecule has 0 amide bonds. The minimum absolute atomic E-state index is 0.462. The number of aliphatic hydroxyl groups is 4. The second kappa shape index (κ2) is 8.34. The molecule has 2 aromatic rings. The summed E-state index contributed by atoms with van der Waals surface area (Å²) >= 11 is 6.02. The molecule has 29 heavy (non-hydrogen) atoms. The first kappa shape index (κ1) is 20.2. The van der Waals surface area contributed by atoms with E-state index in [9.17, 15) is 20.4 Å². The molecular weight excluding hydrogens is 402 g/mol. The monoisotopic (exact) mass is 423 g/mol. The highest BCUT2D eigenvalue weighted by Gasteiger charge is 2.45. The molecule has 1 aromatic heterocycles. The second-order valence-corrected chi connectivity index (χ2v) is 7.40. The largest absolute Gasteiger partial charge is 0.394 e. The summed E-state index contributed by atoms with van der Waals surface area (Å²) in [5.41, 5.74) is 1.66. The van der Waals surface area contributed by atoms with E-state index in [0.717, 1.165) is 13.0 Å². The van der Waals surface area contributed by atoms with Crippen LogP contribution in [0.3, 0.4) is 0 Å². The first-order valence-electron chi connectivity index (χ1n) is 9.31. The Bertz CT molecular complexity index is 887. The Balaban J connectivity index is 1.82. The van der Waals surface area contributed by atoms with Crippen molar-refractivity contribution < 1.29 is 25.2 Å². The fourth-order valence-corrected chi connectivity index (χ4v) is 3.61. The third-order valence-corrected chi connectivity index (χ3v) is 5.29. The zero-order valence-corrected chi connectivity index (χ0v) is 16.1. The molecule has 0 unspecified atom stereocenters. The van der Waals surface area contributed by atoms with Gasteiger partial charge in [-0.05, 0) is 18.6 Å². The molecule has 0 bridgehead atoms. The molecule has 0 saturated carbocycles. The molecule has 2 aliphatic heterocycles. The number of aromatic nitrogens is 3. The van der Waals surface area contributed by atoms with Gasteiger partial charge >= 0.3 is 0 Å². The van der Waals surface area contributed by atoms with Gasteiger partial charge in [-0.2, -0.15) is 0 Å². The molecule has 11 heteroatoms. The lowest BCUT2D eigenvalue weighted by Gasteiger charge is -2.40. The van der Waals surface area contributed by atoms with Gasteiger partial charge in [0.05, 0.1) is 6.61 Å². The summed E-state index contributed by atoms with van der Waals surface area (Å²) in [6, 6.07) is 6.96. The van der Waals surface area contributed by atoms with Crippen molar-refractivity contribution in [3.63, 3.8) is 0 Å². The van der Waals surface area contributed by atoms with Crippen molar-refractivity contribution in [2.24, 2.45) is 4.99 Å². The molecule has 156 valence electrons. The number of halogens is 1. The van der Waals surface area contributed by atoms with Crippen LogP contribution in [0.25, 0.3) is 11.3 Å². The maximum atomic E-state index is 10.5. The van der Waals surface area contributed by atoms with Crippen LogP contribution >= 0.6 is 11.6 Å². The average molecular weight is 424 g/mol. The van der Waals surface area contributed by atoms with E-state index in [1.54, 1.807) is 24.3 Å². The number of amidine groups is 1. The molecular formula is C18H22ClN5O5. The molecule has 4 rings (SSSR count). The predicted octanol–water partition coefficient (Wildman–Crippen LogP) is -0.689. The molecule has 5 atom stereocenters. The summed E-state index contributed by atoms with van der Waals surface area (Å²) in [6.45, 7) is 0.856. The van der Waals surface area contributed by atoms with Crippen molar-refractivity contribution in [1.29, 1.82) is 0 Å². The van der Waals surface area contributed by atoms with Gasteiger partial charge in [-0.25, -0.2) is 4.68 Å². The number of nitrogens with zero attached hydrogens (tertiary/aromatic N) is 4. The average Bonchev–Trinajstić information content (AvgIpc) is 3.18. The highest BCUT2D eigenvalue weighted by atomic mass is 35.5. The topological polar surface area (TPSA) is 145 Å².